The number of rotatable bonds is 6. The van der Waals surface area contributed by atoms with Crippen molar-refractivity contribution < 1.29 is 37.0 Å². The predicted molar refractivity (Wildman–Crippen MR) is 207 cm³/mol. The van der Waals surface area contributed by atoms with E-state index in [2.05, 4.69) is 119 Å². The molecular weight excluding hydrogens is 639 g/mol. The van der Waals surface area contributed by atoms with Crippen molar-refractivity contribution in [2.24, 2.45) is 0 Å². The molecule has 6 nitrogen and oxygen atoms in total. The molecule has 49 heavy (non-hydrogen) atoms. The summed E-state index contributed by atoms with van der Waals surface area (Å²) in [5, 5.41) is 46.3. The monoisotopic (exact) mass is 701 g/mol. The molecule has 3 aromatic carbocycles. The van der Waals surface area contributed by atoms with E-state index >= 15 is 0 Å². The van der Waals surface area contributed by atoms with E-state index < -0.39 is 0 Å². The van der Waals surface area contributed by atoms with Crippen LogP contribution in [0.3, 0.4) is 0 Å². The summed E-state index contributed by atoms with van der Waals surface area (Å²) in [5.41, 5.74) is 5.62. The van der Waals surface area contributed by atoms with E-state index in [0.29, 0.717) is 56.5 Å². The molecule has 0 aromatic heterocycles. The van der Waals surface area contributed by atoms with Crippen LogP contribution in [0.2, 0.25) is 20.5 Å². The molecule has 1 saturated heterocycles. The van der Waals surface area contributed by atoms with Gasteiger partial charge in [0.05, 0.1) is 14.0 Å². The van der Waals surface area contributed by atoms with Gasteiger partial charge in [-0.1, -0.05) is 192 Å². The quantitative estimate of drug-likeness (QED) is 0.250. The van der Waals surface area contributed by atoms with Gasteiger partial charge in [-0.15, -0.1) is 17.2 Å². The first kappa shape index (κ1) is 46.8. The van der Waals surface area contributed by atoms with Crippen molar-refractivity contribution in [2.75, 3.05) is 0 Å². The van der Waals surface area contributed by atoms with Crippen molar-refractivity contribution in [2.45, 2.75) is 139 Å². The summed E-state index contributed by atoms with van der Waals surface area (Å²) in [6.07, 6.45) is 0. The third-order valence-corrected chi connectivity index (χ3v) is 8.39. The fourth-order valence-corrected chi connectivity index (χ4v) is 5.64. The Hall–Kier alpha value is -2.15. The topological polar surface area (TPSA) is 107 Å². The second-order valence-electron chi connectivity index (χ2n) is 14.8. The first-order valence-corrected chi connectivity index (χ1v) is 17.9. The Bertz CT molecular complexity index is 1140. The van der Waals surface area contributed by atoms with E-state index in [9.17, 15) is 15.3 Å². The van der Waals surface area contributed by atoms with Crippen molar-refractivity contribution in [1.29, 1.82) is 0 Å². The number of benzene rings is 3. The maximum Gasteiger partial charge on any atom is 4.00 e. The second kappa shape index (κ2) is 22.6. The van der Waals surface area contributed by atoms with E-state index in [-0.39, 0.29) is 39.0 Å². The van der Waals surface area contributed by atoms with Crippen LogP contribution in [0.4, 0.5) is 0 Å². The Balaban J connectivity index is 0.000000628. The smallest absolute Gasteiger partial charge is 0.872 e. The van der Waals surface area contributed by atoms with Gasteiger partial charge in [0.15, 0.2) is 0 Å². The Morgan fingerprint density at radius 1 is 0.429 bits per heavy atom. The van der Waals surface area contributed by atoms with E-state index in [0.717, 1.165) is 33.4 Å². The molecule has 1 aliphatic rings. The molecule has 0 bridgehead atoms. The van der Waals surface area contributed by atoms with Crippen LogP contribution in [0.1, 0.15) is 152 Å². The number of nitrogens with one attached hydrogen (secondary N) is 2. The molecule has 264 valence electrons. The van der Waals surface area contributed by atoms with Crippen LogP contribution in [0, 0.1) is 0 Å². The summed E-state index contributed by atoms with van der Waals surface area (Å²) >= 11 is 0. The normalized spacial score (nSPS) is 12.8. The molecule has 0 atom stereocenters. The summed E-state index contributed by atoms with van der Waals surface area (Å²) < 4.78 is 0. The molecule has 10 heteroatoms. The predicted octanol–water partition coefficient (Wildman–Crippen LogP) is 8.93. The van der Waals surface area contributed by atoms with E-state index in [1.54, 1.807) is 0 Å². The van der Waals surface area contributed by atoms with E-state index in [1.165, 1.54) is 0 Å². The Kier molecular flexibility index (Phi) is 21.6. The van der Waals surface area contributed by atoms with Gasteiger partial charge < -0.3 is 30.7 Å². The molecule has 0 unspecified atom stereocenters. The first-order valence-electron chi connectivity index (χ1n) is 17.9. The molecule has 2 N–H and O–H groups in total. The molecule has 1 aliphatic heterocycles. The average Bonchev–Trinajstić information content (AvgIpc) is 2.97. The Labute approximate surface area is 316 Å². The standard InChI is InChI=1S/3C12H18O.C3H11B3N3.Ti/c3*1-8(2)10-6-5-7-11(9(3)4)12(10)13;1-4-7-5(2)9-6(3)8-4;/h3*5-9,13H,1-4H3;7-8H,1-3H3;/q;;;-1;+4/p-3. The van der Waals surface area contributed by atoms with Gasteiger partial charge in [0.2, 0.25) is 0 Å². The van der Waals surface area contributed by atoms with Gasteiger partial charge in [-0.05, 0) is 35.5 Å². The molecule has 0 radical (unpaired) electrons. The molecule has 0 amide bonds. The maximum absolute atomic E-state index is 11.9. The summed E-state index contributed by atoms with van der Waals surface area (Å²) in [4.78, 5) is 0. The van der Waals surface area contributed by atoms with Crippen LogP contribution in [0.5, 0.6) is 17.2 Å². The summed E-state index contributed by atoms with van der Waals surface area (Å²) in [7, 11) is 0. The zero-order valence-electron chi connectivity index (χ0n) is 33.1. The van der Waals surface area contributed by atoms with Crippen LogP contribution < -0.4 is 25.6 Å². The molecule has 0 aliphatic carbocycles. The van der Waals surface area contributed by atoms with Gasteiger partial charge in [-0.25, -0.2) is 0 Å². The minimum atomic E-state index is 0. The zero-order chi connectivity index (χ0) is 36.9. The van der Waals surface area contributed by atoms with Gasteiger partial charge in [-0.3, -0.25) is 0 Å². The van der Waals surface area contributed by atoms with Crippen molar-refractivity contribution in [3.63, 3.8) is 0 Å². The van der Waals surface area contributed by atoms with Crippen LogP contribution in [0.25, 0.3) is 5.14 Å². The van der Waals surface area contributed by atoms with Crippen LogP contribution in [-0.4, -0.2) is 20.9 Å². The van der Waals surface area contributed by atoms with Gasteiger partial charge in [0.1, 0.15) is 0 Å². The van der Waals surface area contributed by atoms with Crippen molar-refractivity contribution >= 4 is 20.9 Å². The zero-order valence-corrected chi connectivity index (χ0v) is 34.6. The summed E-state index contributed by atoms with van der Waals surface area (Å²) in [6, 6.07) is 17.5. The molecule has 1 fully saturated rings. The minimum absolute atomic E-state index is 0. The minimum Gasteiger partial charge on any atom is -0.872 e. The molecule has 4 rings (SSSR count). The molecule has 0 saturated carbocycles. The van der Waals surface area contributed by atoms with Crippen LogP contribution in [-0.2, 0) is 21.7 Å². The molecule has 1 heterocycles. The first-order chi connectivity index (χ1) is 22.3. The summed E-state index contributed by atoms with van der Waals surface area (Å²) in [6.45, 7) is 31.9. The Morgan fingerprint density at radius 2 is 0.612 bits per heavy atom. The largest absolute Gasteiger partial charge is 4.00 e. The molecule has 0 spiro atoms. The van der Waals surface area contributed by atoms with Crippen molar-refractivity contribution in [1.82, 2.24) is 10.3 Å². The Morgan fingerprint density at radius 3 is 0.755 bits per heavy atom. The van der Waals surface area contributed by atoms with Crippen molar-refractivity contribution in [3.8, 4) is 17.2 Å². The number of para-hydroxylation sites is 3. The fourth-order valence-electron chi connectivity index (χ4n) is 5.64. The van der Waals surface area contributed by atoms with E-state index in [1.807, 2.05) is 54.6 Å². The van der Waals surface area contributed by atoms with Crippen molar-refractivity contribution in [3.05, 3.63) is 93.1 Å². The van der Waals surface area contributed by atoms with Gasteiger partial charge >= 0.3 is 21.7 Å². The SMILES string of the molecule is CB1[N-]B(C)NB(C)N1.CC(C)c1cccc(C(C)C)c1[O-].CC(C)c1cccc(C(C)C)c1[O-].CC(C)c1cccc(C(C)C)c1[O-].[Ti+4]. The maximum atomic E-state index is 11.9. The van der Waals surface area contributed by atoms with Crippen LogP contribution in [0.15, 0.2) is 54.6 Å². The fraction of sp³-hybridized carbons (Fsp3) is 0.538. The molecule has 3 aromatic rings. The van der Waals surface area contributed by atoms with Gasteiger partial charge in [0.25, 0.3) is 6.98 Å². The average molecular weight is 701 g/mol. The number of hydrogen-bond donors (Lipinski definition) is 2. The van der Waals surface area contributed by atoms with Crippen LogP contribution >= 0.6 is 0 Å². The second-order valence-corrected chi connectivity index (χ2v) is 14.8. The third kappa shape index (κ3) is 15.3. The number of hydrogen-bond acceptors (Lipinski definition) is 5. The van der Waals surface area contributed by atoms with Gasteiger partial charge in [0, 0.05) is 0 Å². The summed E-state index contributed by atoms with van der Waals surface area (Å²) in [5.74, 6) is 2.64. The number of nitrogens with zero attached hydrogens (tertiary/aromatic N) is 1. The molecular formula is C39H62B3N3O3Ti. The van der Waals surface area contributed by atoms with Gasteiger partial charge in [-0.2, -0.15) is 0 Å². The third-order valence-electron chi connectivity index (χ3n) is 8.39. The van der Waals surface area contributed by atoms with E-state index in [4.69, 9.17) is 0 Å².